The molecule has 0 bridgehead atoms. The SMILES string of the molecule is C=C(C)C(=O)NC(CC)[Si](O[SiH](O[Si](C)(C)C)O[Si](C)(C)C)(O[Si](C)(C)C)O[Si](C)(C)C. The first kappa shape index (κ1) is 32.3. The number of carbonyl (C=O) groups excluding carboxylic acids is 1. The van der Waals surface area contributed by atoms with E-state index in [1.54, 1.807) is 6.92 Å². The van der Waals surface area contributed by atoms with Crippen molar-refractivity contribution < 1.29 is 25.4 Å². The van der Waals surface area contributed by atoms with Crippen molar-refractivity contribution in [1.29, 1.82) is 0 Å². The molecule has 0 aliphatic rings. The van der Waals surface area contributed by atoms with Gasteiger partial charge in [0.05, 0.1) is 5.67 Å². The smallest absolute Gasteiger partial charge is 0.419 e. The molecule has 190 valence electrons. The highest BCUT2D eigenvalue weighted by molar-refractivity contribution is 6.89. The van der Waals surface area contributed by atoms with Gasteiger partial charge in [0.25, 0.3) is 0 Å². The third-order valence-corrected chi connectivity index (χ3v) is 21.4. The van der Waals surface area contributed by atoms with Crippen LogP contribution in [0.5, 0.6) is 0 Å². The van der Waals surface area contributed by atoms with Gasteiger partial charge in [0, 0.05) is 5.57 Å². The molecule has 0 spiro atoms. The highest BCUT2D eigenvalue weighted by Crippen LogP contribution is 2.29. The van der Waals surface area contributed by atoms with Crippen LogP contribution >= 0.6 is 0 Å². The van der Waals surface area contributed by atoms with Crippen LogP contribution in [0.2, 0.25) is 78.6 Å². The minimum absolute atomic E-state index is 0.217. The molecule has 0 fully saturated rings. The van der Waals surface area contributed by atoms with E-state index in [1.807, 2.05) is 6.92 Å². The van der Waals surface area contributed by atoms with Gasteiger partial charge < -0.3 is 25.9 Å². The lowest BCUT2D eigenvalue weighted by atomic mass is 10.3. The van der Waals surface area contributed by atoms with E-state index < -0.39 is 57.3 Å². The van der Waals surface area contributed by atoms with Gasteiger partial charge >= 0.3 is 18.3 Å². The average molecular weight is 556 g/mol. The zero-order valence-electron chi connectivity index (χ0n) is 23.0. The van der Waals surface area contributed by atoms with E-state index in [0.717, 1.165) is 0 Å². The fraction of sp³-hybridized carbons (Fsp3) is 0.842. The summed E-state index contributed by atoms with van der Waals surface area (Å²) in [5.41, 5.74) is 0.0356. The first-order valence-electron chi connectivity index (χ1n) is 11.4. The van der Waals surface area contributed by atoms with E-state index >= 15 is 0 Å². The van der Waals surface area contributed by atoms with Crippen LogP contribution in [0.4, 0.5) is 0 Å². The normalized spacial score (nSPS) is 15.1. The third-order valence-electron chi connectivity index (χ3n) is 3.58. The molecule has 0 aliphatic carbocycles. The topological polar surface area (TPSA) is 75.3 Å². The second-order valence-electron chi connectivity index (χ2n) is 12.1. The molecule has 1 unspecified atom stereocenters. The number of carbonyl (C=O) groups is 1. The minimum atomic E-state index is -3.46. The maximum absolute atomic E-state index is 12.7. The number of hydrogen-bond acceptors (Lipinski definition) is 6. The van der Waals surface area contributed by atoms with Crippen molar-refractivity contribution in [2.24, 2.45) is 0 Å². The molecule has 0 aromatic carbocycles. The summed E-state index contributed by atoms with van der Waals surface area (Å²) in [6.07, 6.45) is 0.612. The van der Waals surface area contributed by atoms with Crippen molar-refractivity contribution in [2.75, 3.05) is 0 Å². The van der Waals surface area contributed by atoms with Crippen molar-refractivity contribution in [1.82, 2.24) is 5.32 Å². The molecule has 0 rings (SSSR count). The van der Waals surface area contributed by atoms with Crippen LogP contribution in [0, 0.1) is 0 Å². The molecule has 13 heteroatoms. The zero-order valence-corrected chi connectivity index (χ0v) is 29.2. The van der Waals surface area contributed by atoms with E-state index in [0.29, 0.717) is 12.0 Å². The van der Waals surface area contributed by atoms with E-state index in [9.17, 15) is 4.79 Å². The molecule has 0 saturated heterocycles. The van der Waals surface area contributed by atoms with Gasteiger partial charge in [0.15, 0.2) is 33.3 Å². The van der Waals surface area contributed by atoms with Crippen LogP contribution in [-0.4, -0.2) is 63.2 Å². The number of amides is 1. The summed E-state index contributed by atoms with van der Waals surface area (Å²) in [5.74, 6) is -0.217. The monoisotopic (exact) mass is 555 g/mol. The Bertz CT molecular complexity index is 604. The fourth-order valence-corrected chi connectivity index (χ4v) is 21.4. The Balaban J connectivity index is 6.63. The Morgan fingerprint density at radius 1 is 0.781 bits per heavy atom. The lowest BCUT2D eigenvalue weighted by Gasteiger charge is -2.45. The van der Waals surface area contributed by atoms with E-state index in [1.165, 1.54) is 0 Å². The Kier molecular flexibility index (Phi) is 11.9. The lowest BCUT2D eigenvalue weighted by Crippen LogP contribution is -2.70. The zero-order chi connectivity index (χ0) is 25.8. The minimum Gasteiger partial charge on any atom is -0.419 e. The van der Waals surface area contributed by atoms with Crippen LogP contribution in [0.1, 0.15) is 20.3 Å². The Hall–Kier alpha value is 0.311. The van der Waals surface area contributed by atoms with Crippen molar-refractivity contribution >= 4 is 57.5 Å². The van der Waals surface area contributed by atoms with Gasteiger partial charge in [-0.15, -0.1) is 0 Å². The number of hydrogen-bond donors (Lipinski definition) is 1. The predicted octanol–water partition coefficient (Wildman–Crippen LogP) is 5.08. The average Bonchev–Trinajstić information content (AvgIpc) is 2.44. The number of rotatable bonds is 14. The van der Waals surface area contributed by atoms with Crippen LogP contribution in [0.3, 0.4) is 0 Å². The molecule has 1 atom stereocenters. The largest absolute Gasteiger partial charge is 0.496 e. The summed E-state index contributed by atoms with van der Waals surface area (Å²) >= 11 is 0. The molecule has 0 radical (unpaired) electrons. The van der Waals surface area contributed by atoms with Crippen LogP contribution in [-0.2, 0) is 25.4 Å². The van der Waals surface area contributed by atoms with Gasteiger partial charge in [-0.2, -0.15) is 0 Å². The maximum atomic E-state index is 12.7. The number of nitrogens with one attached hydrogen (secondary N) is 1. The molecule has 0 aromatic heterocycles. The molecule has 0 aromatic rings. The van der Waals surface area contributed by atoms with E-state index in [4.69, 9.17) is 20.6 Å². The lowest BCUT2D eigenvalue weighted by molar-refractivity contribution is -0.118. The summed E-state index contributed by atoms with van der Waals surface area (Å²) < 4.78 is 33.5. The Morgan fingerprint density at radius 2 is 1.16 bits per heavy atom. The third kappa shape index (κ3) is 13.9. The molecule has 0 heterocycles. The van der Waals surface area contributed by atoms with Gasteiger partial charge in [0.2, 0.25) is 5.91 Å². The standard InChI is InChI=1S/C19H49NO6Si6/c1-16-18(20-19(21)17(2)3)32(25-30(10,11)12,26-31(13,14)15)24-27(22-28(4,5)6)23-29(7,8)9/h18,27H,2,16H2,1,3-15H3,(H,20,21). The predicted molar refractivity (Wildman–Crippen MR) is 149 cm³/mol. The first-order valence-corrected chi connectivity index (χ1v) is 28.2. The van der Waals surface area contributed by atoms with Gasteiger partial charge in [-0.05, 0) is 91.9 Å². The van der Waals surface area contributed by atoms with Gasteiger partial charge in [-0.1, -0.05) is 13.5 Å². The molecule has 1 amide bonds. The van der Waals surface area contributed by atoms with Crippen LogP contribution in [0.15, 0.2) is 12.2 Å². The highest BCUT2D eigenvalue weighted by Gasteiger charge is 2.57. The molecular formula is C19H49NO6Si6. The summed E-state index contributed by atoms with van der Waals surface area (Å²) in [5, 5.41) is 3.11. The molecule has 0 aliphatic heterocycles. The Morgan fingerprint density at radius 3 is 1.41 bits per heavy atom. The van der Waals surface area contributed by atoms with Gasteiger partial charge in [-0.3, -0.25) is 4.79 Å². The quantitative estimate of drug-likeness (QED) is 0.238. The van der Waals surface area contributed by atoms with E-state index in [2.05, 4.69) is 90.5 Å². The molecule has 32 heavy (non-hydrogen) atoms. The summed E-state index contributed by atoms with van der Waals surface area (Å²) in [6.45, 7) is 33.0. The van der Waals surface area contributed by atoms with E-state index in [-0.39, 0.29) is 5.91 Å². The van der Waals surface area contributed by atoms with Crippen LogP contribution < -0.4 is 5.32 Å². The fourth-order valence-electron chi connectivity index (χ4n) is 2.65. The summed E-state index contributed by atoms with van der Waals surface area (Å²) in [6, 6.07) is 0. The maximum Gasteiger partial charge on any atom is 0.496 e. The second kappa shape index (κ2) is 11.8. The second-order valence-corrected chi connectivity index (χ2v) is 36.0. The van der Waals surface area contributed by atoms with Crippen molar-refractivity contribution in [3.63, 3.8) is 0 Å². The van der Waals surface area contributed by atoms with Gasteiger partial charge in [0.1, 0.15) is 0 Å². The summed E-state index contributed by atoms with van der Waals surface area (Å²) in [4.78, 5) is 12.7. The Labute approximate surface area is 204 Å². The van der Waals surface area contributed by atoms with Crippen molar-refractivity contribution in [2.45, 2.75) is 104 Å². The van der Waals surface area contributed by atoms with Crippen LogP contribution in [0.25, 0.3) is 0 Å². The van der Waals surface area contributed by atoms with Crippen molar-refractivity contribution in [3.05, 3.63) is 12.2 Å². The summed E-state index contributed by atoms with van der Waals surface area (Å²) in [7, 11) is -14.3. The molecule has 0 saturated carbocycles. The van der Waals surface area contributed by atoms with Crippen molar-refractivity contribution in [3.8, 4) is 0 Å². The molecule has 7 nitrogen and oxygen atoms in total. The molecular weight excluding hydrogens is 507 g/mol. The van der Waals surface area contributed by atoms with Gasteiger partial charge in [-0.25, -0.2) is 0 Å². The first-order chi connectivity index (χ1) is 14.0. The highest BCUT2D eigenvalue weighted by atomic mass is 28.5. The molecule has 1 N–H and O–H groups in total.